The van der Waals surface area contributed by atoms with Gasteiger partial charge in [-0.15, -0.1) is 0 Å². The van der Waals surface area contributed by atoms with Gasteiger partial charge >= 0.3 is 6.18 Å². The molecule has 0 amide bonds. The first-order chi connectivity index (χ1) is 6.54. The summed E-state index contributed by atoms with van der Waals surface area (Å²) in [7, 11) is 0. The van der Waals surface area contributed by atoms with E-state index in [0.717, 1.165) is 12.1 Å². The summed E-state index contributed by atoms with van der Waals surface area (Å²) in [6.07, 6.45) is -0.877. The Kier molecular flexibility index (Phi) is 3.75. The minimum atomic E-state index is -4.27. The molecule has 0 fully saturated rings. The Morgan fingerprint density at radius 2 is 2.00 bits per heavy atom. The minimum Gasteiger partial charge on any atom is -0.166 e. The number of hydrogen-bond donors (Lipinski definition) is 0. The van der Waals surface area contributed by atoms with Crippen LogP contribution in [0.3, 0.4) is 0 Å². The zero-order chi connectivity index (χ0) is 10.6. The molecular weight excluding hydrogens is 257 g/mol. The van der Waals surface area contributed by atoms with Crippen molar-refractivity contribution in [1.82, 2.24) is 0 Å². The molecule has 0 saturated carbocycles. The molecule has 0 unspecified atom stereocenters. The molecule has 0 aliphatic rings. The Hall–Kier alpha value is -0.770. The van der Waals surface area contributed by atoms with E-state index in [1.54, 1.807) is 18.2 Å². The molecule has 0 aliphatic heterocycles. The summed E-state index contributed by atoms with van der Waals surface area (Å²) in [5.41, 5.74) is -0.0616. The third kappa shape index (κ3) is 3.18. The molecule has 4 heteroatoms. The van der Waals surface area contributed by atoms with E-state index < -0.39 is 11.7 Å². The van der Waals surface area contributed by atoms with Gasteiger partial charge in [-0.1, -0.05) is 40.2 Å². The van der Waals surface area contributed by atoms with Crippen LogP contribution in [-0.4, -0.2) is 5.33 Å². The second kappa shape index (κ2) is 4.64. The van der Waals surface area contributed by atoms with Crippen molar-refractivity contribution in [3.8, 4) is 0 Å². The van der Waals surface area contributed by atoms with Crippen molar-refractivity contribution in [1.29, 1.82) is 0 Å². The Balaban J connectivity index is 2.96. The topological polar surface area (TPSA) is 0 Å². The fraction of sp³-hybridized carbons (Fsp3) is 0.200. The summed E-state index contributed by atoms with van der Waals surface area (Å²) in [4.78, 5) is 0. The van der Waals surface area contributed by atoms with Gasteiger partial charge in [0.05, 0.1) is 5.56 Å². The number of hydrogen-bond acceptors (Lipinski definition) is 0. The largest absolute Gasteiger partial charge is 0.416 e. The maximum Gasteiger partial charge on any atom is 0.416 e. The van der Waals surface area contributed by atoms with Crippen LogP contribution in [0.15, 0.2) is 30.3 Å². The lowest BCUT2D eigenvalue weighted by atomic mass is 10.1. The molecule has 0 nitrogen and oxygen atoms in total. The van der Waals surface area contributed by atoms with Crippen LogP contribution < -0.4 is 0 Å². The Bertz CT molecular complexity index is 328. The van der Waals surface area contributed by atoms with E-state index >= 15 is 0 Å². The van der Waals surface area contributed by atoms with Crippen molar-refractivity contribution < 1.29 is 13.2 Å². The number of benzene rings is 1. The van der Waals surface area contributed by atoms with Crippen molar-refractivity contribution in [3.05, 3.63) is 41.5 Å². The normalized spacial score (nSPS) is 12.3. The van der Waals surface area contributed by atoms with Gasteiger partial charge in [-0.2, -0.15) is 13.2 Å². The maximum atomic E-state index is 12.3. The molecule has 14 heavy (non-hydrogen) atoms. The second-order valence-corrected chi connectivity index (χ2v) is 3.33. The van der Waals surface area contributed by atoms with E-state index in [2.05, 4.69) is 15.9 Å². The minimum absolute atomic E-state index is 0.555. The lowest BCUT2D eigenvalue weighted by Gasteiger charge is -2.06. The highest BCUT2D eigenvalue weighted by Gasteiger charge is 2.30. The molecule has 0 spiro atoms. The SMILES string of the molecule is FC(F)(F)c1cccc(C=CCBr)c1. The summed E-state index contributed by atoms with van der Waals surface area (Å²) in [5, 5.41) is 0.628. The molecule has 0 atom stereocenters. The Labute approximate surface area is 88.6 Å². The van der Waals surface area contributed by atoms with Crippen molar-refractivity contribution >= 4 is 22.0 Å². The molecule has 0 bridgehead atoms. The van der Waals surface area contributed by atoms with Gasteiger partial charge in [0.1, 0.15) is 0 Å². The molecule has 0 aromatic heterocycles. The molecule has 0 saturated heterocycles. The predicted octanol–water partition coefficient (Wildman–Crippen LogP) is 4.11. The third-order valence-corrected chi connectivity index (χ3v) is 1.99. The lowest BCUT2D eigenvalue weighted by Crippen LogP contribution is -2.04. The van der Waals surface area contributed by atoms with Crippen LogP contribution >= 0.6 is 15.9 Å². The van der Waals surface area contributed by atoms with Gasteiger partial charge in [0, 0.05) is 5.33 Å². The van der Waals surface area contributed by atoms with Crippen LogP contribution in [0.25, 0.3) is 6.08 Å². The smallest absolute Gasteiger partial charge is 0.166 e. The summed E-state index contributed by atoms with van der Waals surface area (Å²) in [6.45, 7) is 0. The predicted molar refractivity (Wildman–Crippen MR) is 54.3 cm³/mol. The first kappa shape index (κ1) is 11.3. The van der Waals surface area contributed by atoms with E-state index in [4.69, 9.17) is 0 Å². The van der Waals surface area contributed by atoms with E-state index in [1.165, 1.54) is 6.07 Å². The fourth-order valence-corrected chi connectivity index (χ4v) is 1.19. The fourth-order valence-electron chi connectivity index (χ4n) is 0.999. The summed E-state index contributed by atoms with van der Waals surface area (Å²) in [5.74, 6) is 0. The van der Waals surface area contributed by atoms with Crippen LogP contribution in [0.1, 0.15) is 11.1 Å². The molecule has 1 aromatic carbocycles. The molecule has 1 aromatic rings. The molecule has 0 N–H and O–H groups in total. The highest BCUT2D eigenvalue weighted by atomic mass is 79.9. The number of rotatable bonds is 2. The van der Waals surface area contributed by atoms with Crippen LogP contribution in [-0.2, 0) is 6.18 Å². The van der Waals surface area contributed by atoms with Crippen LogP contribution in [0.5, 0.6) is 0 Å². The van der Waals surface area contributed by atoms with Crippen LogP contribution in [0.2, 0.25) is 0 Å². The van der Waals surface area contributed by atoms with Crippen molar-refractivity contribution in [3.63, 3.8) is 0 Å². The van der Waals surface area contributed by atoms with Gasteiger partial charge in [-0.05, 0) is 17.7 Å². The average Bonchev–Trinajstić information content (AvgIpc) is 2.14. The van der Waals surface area contributed by atoms with Gasteiger partial charge in [0.25, 0.3) is 0 Å². The lowest BCUT2D eigenvalue weighted by molar-refractivity contribution is -0.137. The van der Waals surface area contributed by atoms with Crippen molar-refractivity contribution in [2.24, 2.45) is 0 Å². The summed E-state index contributed by atoms with van der Waals surface area (Å²) in [6, 6.07) is 5.22. The van der Waals surface area contributed by atoms with Gasteiger partial charge in [0.15, 0.2) is 0 Å². The van der Waals surface area contributed by atoms with E-state index in [-0.39, 0.29) is 0 Å². The van der Waals surface area contributed by atoms with Crippen LogP contribution in [0, 0.1) is 0 Å². The number of allylic oxidation sites excluding steroid dienone is 1. The van der Waals surface area contributed by atoms with Gasteiger partial charge in [0.2, 0.25) is 0 Å². The van der Waals surface area contributed by atoms with Crippen LogP contribution in [0.4, 0.5) is 13.2 Å². The monoisotopic (exact) mass is 264 g/mol. The first-order valence-corrected chi connectivity index (χ1v) is 5.06. The highest BCUT2D eigenvalue weighted by Crippen LogP contribution is 2.29. The number of alkyl halides is 4. The summed E-state index contributed by atoms with van der Waals surface area (Å²) < 4.78 is 36.8. The Morgan fingerprint density at radius 3 is 2.57 bits per heavy atom. The molecule has 76 valence electrons. The van der Waals surface area contributed by atoms with E-state index in [9.17, 15) is 13.2 Å². The third-order valence-electron chi connectivity index (χ3n) is 1.61. The average molecular weight is 265 g/mol. The van der Waals surface area contributed by atoms with Gasteiger partial charge < -0.3 is 0 Å². The van der Waals surface area contributed by atoms with Crippen molar-refractivity contribution in [2.75, 3.05) is 5.33 Å². The first-order valence-electron chi connectivity index (χ1n) is 3.94. The Morgan fingerprint density at radius 1 is 1.29 bits per heavy atom. The van der Waals surface area contributed by atoms with Crippen molar-refractivity contribution in [2.45, 2.75) is 6.18 Å². The second-order valence-electron chi connectivity index (χ2n) is 2.68. The molecule has 1 rings (SSSR count). The van der Waals surface area contributed by atoms with Gasteiger partial charge in [-0.25, -0.2) is 0 Å². The van der Waals surface area contributed by atoms with E-state index in [0.29, 0.717) is 10.9 Å². The van der Waals surface area contributed by atoms with Gasteiger partial charge in [-0.3, -0.25) is 0 Å². The number of halogens is 4. The maximum absolute atomic E-state index is 12.3. The van der Waals surface area contributed by atoms with E-state index in [1.807, 2.05) is 0 Å². The summed E-state index contributed by atoms with van der Waals surface area (Å²) >= 11 is 3.16. The molecular formula is C10H8BrF3. The highest BCUT2D eigenvalue weighted by molar-refractivity contribution is 9.09. The molecule has 0 heterocycles. The standard InChI is InChI=1S/C10H8BrF3/c11-6-2-4-8-3-1-5-9(7-8)10(12,13)14/h1-5,7H,6H2. The molecule has 0 radical (unpaired) electrons. The zero-order valence-electron chi connectivity index (χ0n) is 7.18. The molecule has 0 aliphatic carbocycles. The zero-order valence-corrected chi connectivity index (χ0v) is 8.77. The quantitative estimate of drug-likeness (QED) is 0.706.